The maximum atomic E-state index is 12.3. The van der Waals surface area contributed by atoms with Crippen LogP contribution >= 0.6 is 0 Å². The fourth-order valence-electron chi connectivity index (χ4n) is 3.24. The maximum Gasteiger partial charge on any atom is 0.573 e. The van der Waals surface area contributed by atoms with E-state index in [0.29, 0.717) is 17.8 Å². The third-order valence-corrected chi connectivity index (χ3v) is 4.69. The second-order valence-corrected chi connectivity index (χ2v) is 6.96. The number of benzene rings is 1. The standard InChI is InChI=1S/C20H19F3N4O4/c21-20(22,23)30-14-7-5-13(6-8-14)18-25-19(31-26-18)16-4-1-9-27(16)12-17(28)24-11-15-3-2-10-29-15/h1,4-9,15H,2-3,10-12H2,(H,24,28)/t15-/m0/s1. The highest BCUT2D eigenvalue weighted by molar-refractivity contribution is 5.76. The molecule has 0 radical (unpaired) electrons. The summed E-state index contributed by atoms with van der Waals surface area (Å²) in [5.41, 5.74) is 1.000. The van der Waals surface area contributed by atoms with E-state index in [1.165, 1.54) is 24.3 Å². The lowest BCUT2D eigenvalue weighted by atomic mass is 10.2. The summed E-state index contributed by atoms with van der Waals surface area (Å²) in [5, 5.41) is 6.73. The van der Waals surface area contributed by atoms with E-state index in [1.807, 2.05) is 0 Å². The Bertz CT molecular complexity index is 1020. The molecule has 1 atom stereocenters. The number of halogens is 3. The molecule has 1 aliphatic heterocycles. The van der Waals surface area contributed by atoms with Crippen molar-refractivity contribution in [3.8, 4) is 28.7 Å². The van der Waals surface area contributed by atoms with Crippen molar-refractivity contribution >= 4 is 5.91 Å². The summed E-state index contributed by atoms with van der Waals surface area (Å²) < 4.78 is 53.1. The van der Waals surface area contributed by atoms with Gasteiger partial charge in [0, 0.05) is 24.9 Å². The Balaban J connectivity index is 1.41. The molecular formula is C20H19F3N4O4. The predicted molar refractivity (Wildman–Crippen MR) is 102 cm³/mol. The third kappa shape index (κ3) is 5.43. The average Bonchev–Trinajstić information content (AvgIpc) is 3.47. The van der Waals surface area contributed by atoms with Gasteiger partial charge in [0.1, 0.15) is 18.0 Å². The Morgan fingerprint density at radius 2 is 2.06 bits per heavy atom. The minimum Gasteiger partial charge on any atom is -0.406 e. The van der Waals surface area contributed by atoms with E-state index in [4.69, 9.17) is 9.26 Å². The molecule has 1 N–H and O–H groups in total. The predicted octanol–water partition coefficient (Wildman–Crippen LogP) is 3.40. The summed E-state index contributed by atoms with van der Waals surface area (Å²) in [6.07, 6.45) is -1.06. The van der Waals surface area contributed by atoms with Crippen LogP contribution in [0.3, 0.4) is 0 Å². The number of carbonyl (C=O) groups is 1. The molecule has 0 spiro atoms. The van der Waals surface area contributed by atoms with Gasteiger partial charge in [-0.15, -0.1) is 13.2 Å². The zero-order chi connectivity index (χ0) is 21.8. The number of aromatic nitrogens is 3. The summed E-state index contributed by atoms with van der Waals surface area (Å²) in [7, 11) is 0. The van der Waals surface area contributed by atoms with E-state index in [1.54, 1.807) is 22.9 Å². The van der Waals surface area contributed by atoms with Crippen molar-refractivity contribution in [3.63, 3.8) is 0 Å². The Morgan fingerprint density at radius 3 is 2.77 bits per heavy atom. The fourth-order valence-corrected chi connectivity index (χ4v) is 3.24. The molecule has 0 bridgehead atoms. The number of carbonyl (C=O) groups excluding carboxylic acids is 1. The minimum atomic E-state index is -4.76. The van der Waals surface area contributed by atoms with E-state index in [-0.39, 0.29) is 36.0 Å². The molecule has 0 saturated carbocycles. The molecule has 2 aromatic heterocycles. The van der Waals surface area contributed by atoms with Gasteiger partial charge in [0.2, 0.25) is 11.7 Å². The van der Waals surface area contributed by atoms with Gasteiger partial charge in [-0.3, -0.25) is 4.79 Å². The lowest BCUT2D eigenvalue weighted by molar-refractivity contribution is -0.274. The Hall–Kier alpha value is -3.34. The van der Waals surface area contributed by atoms with Gasteiger partial charge in [0.05, 0.1) is 6.10 Å². The molecule has 1 saturated heterocycles. The van der Waals surface area contributed by atoms with E-state index in [2.05, 4.69) is 20.2 Å². The monoisotopic (exact) mass is 436 g/mol. The number of ether oxygens (including phenoxy) is 2. The summed E-state index contributed by atoms with van der Waals surface area (Å²) in [6.45, 7) is 1.25. The van der Waals surface area contributed by atoms with Crippen molar-refractivity contribution in [1.82, 2.24) is 20.0 Å². The topological polar surface area (TPSA) is 91.4 Å². The largest absolute Gasteiger partial charge is 0.573 e. The SMILES string of the molecule is O=C(Cn1cccc1-c1nc(-c2ccc(OC(F)(F)F)cc2)no1)NC[C@@H]1CCCO1. The lowest BCUT2D eigenvalue weighted by Gasteiger charge is -2.11. The normalized spacial score (nSPS) is 16.4. The third-order valence-electron chi connectivity index (χ3n) is 4.69. The zero-order valence-electron chi connectivity index (χ0n) is 16.3. The number of nitrogens with one attached hydrogen (secondary N) is 1. The van der Waals surface area contributed by atoms with Gasteiger partial charge in [-0.2, -0.15) is 4.98 Å². The highest BCUT2D eigenvalue weighted by Gasteiger charge is 2.31. The minimum absolute atomic E-state index is 0.0551. The van der Waals surface area contributed by atoms with Crippen LogP contribution in [0, 0.1) is 0 Å². The smallest absolute Gasteiger partial charge is 0.406 e. The van der Waals surface area contributed by atoms with Gasteiger partial charge in [0.25, 0.3) is 5.89 Å². The van der Waals surface area contributed by atoms with Gasteiger partial charge in [0.15, 0.2) is 0 Å². The van der Waals surface area contributed by atoms with Crippen molar-refractivity contribution in [2.75, 3.05) is 13.2 Å². The van der Waals surface area contributed by atoms with Gasteiger partial charge < -0.3 is 23.9 Å². The average molecular weight is 436 g/mol. The molecule has 1 aliphatic rings. The fraction of sp³-hybridized carbons (Fsp3) is 0.350. The summed E-state index contributed by atoms with van der Waals surface area (Å²) >= 11 is 0. The molecule has 3 aromatic rings. The second-order valence-electron chi connectivity index (χ2n) is 6.96. The highest BCUT2D eigenvalue weighted by Crippen LogP contribution is 2.27. The number of rotatable bonds is 7. The molecule has 31 heavy (non-hydrogen) atoms. The van der Waals surface area contributed by atoms with Crippen LogP contribution < -0.4 is 10.1 Å². The lowest BCUT2D eigenvalue weighted by Crippen LogP contribution is -2.34. The van der Waals surface area contributed by atoms with Crippen molar-refractivity contribution < 1.29 is 32.0 Å². The molecule has 0 aliphatic carbocycles. The first-order chi connectivity index (χ1) is 14.9. The summed E-state index contributed by atoms with van der Waals surface area (Å²) in [6, 6.07) is 8.60. The number of alkyl halides is 3. The van der Waals surface area contributed by atoms with Crippen LogP contribution in [-0.4, -0.2) is 46.2 Å². The molecule has 4 rings (SSSR count). The van der Waals surface area contributed by atoms with Crippen molar-refractivity contribution in [2.45, 2.75) is 31.9 Å². The van der Waals surface area contributed by atoms with E-state index < -0.39 is 6.36 Å². The number of nitrogens with zero attached hydrogens (tertiary/aromatic N) is 3. The molecule has 3 heterocycles. The Kier molecular flexibility index (Phi) is 5.94. The van der Waals surface area contributed by atoms with Gasteiger partial charge in [-0.05, 0) is 49.2 Å². The second kappa shape index (κ2) is 8.80. The van der Waals surface area contributed by atoms with Crippen LogP contribution in [0.5, 0.6) is 5.75 Å². The highest BCUT2D eigenvalue weighted by atomic mass is 19.4. The number of hydrogen-bond acceptors (Lipinski definition) is 6. The molecule has 1 aromatic carbocycles. The van der Waals surface area contributed by atoms with Crippen LogP contribution in [0.1, 0.15) is 12.8 Å². The van der Waals surface area contributed by atoms with Crippen molar-refractivity contribution in [3.05, 3.63) is 42.6 Å². The van der Waals surface area contributed by atoms with E-state index in [0.717, 1.165) is 19.4 Å². The molecule has 1 amide bonds. The summed E-state index contributed by atoms with van der Waals surface area (Å²) in [5.74, 6) is -0.137. The van der Waals surface area contributed by atoms with Gasteiger partial charge in [-0.1, -0.05) is 5.16 Å². The first-order valence-electron chi connectivity index (χ1n) is 9.61. The van der Waals surface area contributed by atoms with Crippen LogP contribution in [-0.2, 0) is 16.1 Å². The van der Waals surface area contributed by atoms with E-state index in [9.17, 15) is 18.0 Å². The van der Waals surface area contributed by atoms with Crippen molar-refractivity contribution in [2.24, 2.45) is 0 Å². The van der Waals surface area contributed by atoms with Crippen LogP contribution in [0.15, 0.2) is 47.1 Å². The molecule has 8 nitrogen and oxygen atoms in total. The summed E-state index contributed by atoms with van der Waals surface area (Å²) in [4.78, 5) is 16.6. The molecule has 1 fully saturated rings. The van der Waals surface area contributed by atoms with Gasteiger partial charge >= 0.3 is 6.36 Å². The maximum absolute atomic E-state index is 12.3. The molecule has 164 valence electrons. The molecule has 11 heteroatoms. The Morgan fingerprint density at radius 1 is 1.26 bits per heavy atom. The first kappa shape index (κ1) is 20.9. The zero-order valence-corrected chi connectivity index (χ0v) is 16.3. The number of amides is 1. The Labute approximate surface area is 174 Å². The van der Waals surface area contributed by atoms with Crippen LogP contribution in [0.4, 0.5) is 13.2 Å². The van der Waals surface area contributed by atoms with Crippen molar-refractivity contribution in [1.29, 1.82) is 0 Å². The van der Waals surface area contributed by atoms with Crippen LogP contribution in [0.2, 0.25) is 0 Å². The quantitative estimate of drug-likeness (QED) is 0.611. The molecule has 0 unspecified atom stereocenters. The molecular weight excluding hydrogens is 417 g/mol. The number of hydrogen-bond donors (Lipinski definition) is 1. The van der Waals surface area contributed by atoms with Gasteiger partial charge in [-0.25, -0.2) is 0 Å². The van der Waals surface area contributed by atoms with Crippen LogP contribution in [0.25, 0.3) is 23.0 Å². The first-order valence-corrected chi connectivity index (χ1v) is 9.61. The van der Waals surface area contributed by atoms with E-state index >= 15 is 0 Å².